The standard InChI is InChI=1S/C14H26N2O2/c1-2-3-10-17-12-14(15)13-18-11-9-16-7-5-4-6-8-16/h14H,4-13,15H2,1H3. The Morgan fingerprint density at radius 3 is 2.61 bits per heavy atom. The van der Waals surface area contributed by atoms with Gasteiger partial charge in [-0.2, -0.15) is 0 Å². The molecular formula is C14H26N2O2. The van der Waals surface area contributed by atoms with Crippen molar-refractivity contribution < 1.29 is 9.47 Å². The second-order valence-electron chi connectivity index (χ2n) is 4.68. The summed E-state index contributed by atoms with van der Waals surface area (Å²) < 4.78 is 10.9. The number of likely N-dealkylation sites (tertiary alicyclic amines) is 1. The van der Waals surface area contributed by atoms with Crippen molar-refractivity contribution >= 4 is 0 Å². The van der Waals surface area contributed by atoms with E-state index in [2.05, 4.69) is 16.7 Å². The third kappa shape index (κ3) is 7.67. The molecule has 4 nitrogen and oxygen atoms in total. The second kappa shape index (κ2) is 10.3. The van der Waals surface area contributed by atoms with Gasteiger partial charge >= 0.3 is 0 Å². The zero-order valence-electron chi connectivity index (χ0n) is 11.5. The molecule has 104 valence electrons. The van der Waals surface area contributed by atoms with Crippen LogP contribution in [-0.4, -0.2) is 57.0 Å². The highest BCUT2D eigenvalue weighted by molar-refractivity contribution is 4.94. The average Bonchev–Trinajstić information content (AvgIpc) is 2.41. The van der Waals surface area contributed by atoms with Gasteiger partial charge in [-0.25, -0.2) is 0 Å². The van der Waals surface area contributed by atoms with Crippen molar-refractivity contribution in [1.82, 2.24) is 4.90 Å². The molecule has 2 N–H and O–H groups in total. The number of ether oxygens (including phenoxy) is 2. The Kier molecular flexibility index (Phi) is 8.87. The molecule has 1 aliphatic heterocycles. The summed E-state index contributed by atoms with van der Waals surface area (Å²) in [5, 5.41) is 0. The highest BCUT2D eigenvalue weighted by Gasteiger charge is 2.09. The van der Waals surface area contributed by atoms with Crippen LogP contribution >= 0.6 is 0 Å². The first-order valence-corrected chi connectivity index (χ1v) is 6.86. The van der Waals surface area contributed by atoms with E-state index in [1.165, 1.54) is 32.4 Å². The number of hydrogen-bond donors (Lipinski definition) is 1. The highest BCUT2D eigenvalue weighted by Crippen LogP contribution is 2.07. The smallest absolute Gasteiger partial charge is 0.107 e. The lowest BCUT2D eigenvalue weighted by Crippen LogP contribution is -2.35. The second-order valence-corrected chi connectivity index (χ2v) is 4.68. The zero-order valence-corrected chi connectivity index (χ0v) is 11.5. The molecule has 1 fully saturated rings. The highest BCUT2D eigenvalue weighted by atomic mass is 16.5. The molecule has 1 heterocycles. The van der Waals surface area contributed by atoms with Gasteiger partial charge in [0, 0.05) is 6.54 Å². The molecule has 1 atom stereocenters. The van der Waals surface area contributed by atoms with E-state index in [1.54, 1.807) is 6.92 Å². The Hall–Kier alpha value is -0.600. The Balaban J connectivity index is 1.90. The molecule has 0 saturated carbocycles. The SMILES string of the molecule is CC#CCOCC(N)COCCN1CCCCC1. The molecule has 1 saturated heterocycles. The van der Waals surface area contributed by atoms with Crippen LogP contribution in [0.25, 0.3) is 0 Å². The van der Waals surface area contributed by atoms with Crippen LogP contribution in [0.1, 0.15) is 26.2 Å². The molecule has 4 heteroatoms. The van der Waals surface area contributed by atoms with Crippen molar-refractivity contribution in [2.45, 2.75) is 32.2 Å². The van der Waals surface area contributed by atoms with Gasteiger partial charge in [-0.05, 0) is 32.9 Å². The van der Waals surface area contributed by atoms with Gasteiger partial charge in [0.1, 0.15) is 6.61 Å². The number of nitrogens with two attached hydrogens (primary N) is 1. The fourth-order valence-electron chi connectivity index (χ4n) is 1.99. The minimum Gasteiger partial charge on any atom is -0.378 e. The van der Waals surface area contributed by atoms with Crippen molar-refractivity contribution in [3.63, 3.8) is 0 Å². The van der Waals surface area contributed by atoms with E-state index in [4.69, 9.17) is 15.2 Å². The van der Waals surface area contributed by atoms with Crippen molar-refractivity contribution in [3.05, 3.63) is 0 Å². The third-order valence-electron chi connectivity index (χ3n) is 3.02. The molecule has 0 aromatic carbocycles. The van der Waals surface area contributed by atoms with Gasteiger partial charge in [-0.3, -0.25) is 0 Å². The molecule has 18 heavy (non-hydrogen) atoms. The predicted octanol–water partition coefficient (Wildman–Crippen LogP) is 0.856. The van der Waals surface area contributed by atoms with Gasteiger partial charge in [-0.15, -0.1) is 5.92 Å². The van der Waals surface area contributed by atoms with Gasteiger partial charge in [0.25, 0.3) is 0 Å². The minimum absolute atomic E-state index is 0.0509. The third-order valence-corrected chi connectivity index (χ3v) is 3.02. The molecule has 0 radical (unpaired) electrons. The molecule has 0 bridgehead atoms. The Morgan fingerprint density at radius 2 is 1.89 bits per heavy atom. The first kappa shape index (κ1) is 15.5. The molecule has 0 aromatic rings. The van der Waals surface area contributed by atoms with E-state index in [1.807, 2.05) is 0 Å². The molecule has 1 aliphatic rings. The largest absolute Gasteiger partial charge is 0.378 e. The maximum absolute atomic E-state index is 5.86. The Morgan fingerprint density at radius 1 is 1.17 bits per heavy atom. The van der Waals surface area contributed by atoms with Crippen LogP contribution in [0, 0.1) is 11.8 Å². The van der Waals surface area contributed by atoms with Crippen molar-refractivity contribution in [2.24, 2.45) is 5.73 Å². The molecular weight excluding hydrogens is 228 g/mol. The van der Waals surface area contributed by atoms with E-state index >= 15 is 0 Å². The van der Waals surface area contributed by atoms with E-state index in [-0.39, 0.29) is 6.04 Å². The first-order valence-electron chi connectivity index (χ1n) is 6.86. The molecule has 0 amide bonds. The molecule has 0 aromatic heterocycles. The lowest BCUT2D eigenvalue weighted by atomic mass is 10.1. The Labute approximate surface area is 111 Å². The monoisotopic (exact) mass is 254 g/mol. The van der Waals surface area contributed by atoms with E-state index in [9.17, 15) is 0 Å². The molecule has 0 spiro atoms. The number of rotatable bonds is 8. The maximum Gasteiger partial charge on any atom is 0.107 e. The molecule has 0 aliphatic carbocycles. The Bertz CT molecular complexity index is 254. The summed E-state index contributed by atoms with van der Waals surface area (Å²) in [5.74, 6) is 5.62. The lowest BCUT2D eigenvalue weighted by molar-refractivity contribution is 0.0622. The van der Waals surface area contributed by atoms with Gasteiger partial charge in [0.2, 0.25) is 0 Å². The summed E-state index contributed by atoms with van der Waals surface area (Å²) in [7, 11) is 0. The van der Waals surface area contributed by atoms with Crippen LogP contribution in [-0.2, 0) is 9.47 Å². The van der Waals surface area contributed by atoms with Crippen LogP contribution < -0.4 is 5.73 Å². The van der Waals surface area contributed by atoms with Gasteiger partial charge < -0.3 is 20.1 Å². The number of nitrogens with zero attached hydrogens (tertiary/aromatic N) is 1. The van der Waals surface area contributed by atoms with Crippen molar-refractivity contribution in [1.29, 1.82) is 0 Å². The fraction of sp³-hybridized carbons (Fsp3) is 0.857. The quantitative estimate of drug-likeness (QED) is 0.515. The van der Waals surface area contributed by atoms with Crippen molar-refractivity contribution in [3.8, 4) is 11.8 Å². The van der Waals surface area contributed by atoms with Crippen LogP contribution in [0.3, 0.4) is 0 Å². The fourth-order valence-corrected chi connectivity index (χ4v) is 1.99. The van der Waals surface area contributed by atoms with Crippen LogP contribution in [0.5, 0.6) is 0 Å². The van der Waals surface area contributed by atoms with Crippen LogP contribution in [0.2, 0.25) is 0 Å². The zero-order chi connectivity index (χ0) is 13.1. The topological polar surface area (TPSA) is 47.7 Å². The van der Waals surface area contributed by atoms with E-state index in [0.717, 1.165) is 13.2 Å². The first-order chi connectivity index (χ1) is 8.83. The lowest BCUT2D eigenvalue weighted by Gasteiger charge is -2.26. The average molecular weight is 254 g/mol. The number of hydrogen-bond acceptors (Lipinski definition) is 4. The van der Waals surface area contributed by atoms with Crippen LogP contribution in [0.15, 0.2) is 0 Å². The van der Waals surface area contributed by atoms with Gasteiger partial charge in [0.05, 0.1) is 25.9 Å². The predicted molar refractivity (Wildman–Crippen MR) is 73.4 cm³/mol. The summed E-state index contributed by atoms with van der Waals surface area (Å²) >= 11 is 0. The van der Waals surface area contributed by atoms with E-state index < -0.39 is 0 Å². The number of piperidine rings is 1. The van der Waals surface area contributed by atoms with Gasteiger partial charge in [-0.1, -0.05) is 12.3 Å². The summed E-state index contributed by atoms with van der Waals surface area (Å²) in [5.41, 5.74) is 5.86. The summed E-state index contributed by atoms with van der Waals surface area (Å²) in [6.07, 6.45) is 4.03. The van der Waals surface area contributed by atoms with Crippen molar-refractivity contribution in [2.75, 3.05) is 46.1 Å². The van der Waals surface area contributed by atoms with Crippen LogP contribution in [0.4, 0.5) is 0 Å². The maximum atomic E-state index is 5.86. The molecule has 1 unspecified atom stereocenters. The van der Waals surface area contributed by atoms with E-state index in [0.29, 0.717) is 19.8 Å². The minimum atomic E-state index is -0.0509. The molecule has 1 rings (SSSR count). The summed E-state index contributed by atoms with van der Waals surface area (Å²) in [4.78, 5) is 2.46. The van der Waals surface area contributed by atoms with Gasteiger partial charge in [0.15, 0.2) is 0 Å². The summed E-state index contributed by atoms with van der Waals surface area (Å²) in [6.45, 7) is 7.55. The normalized spacial score (nSPS) is 18.1. The summed E-state index contributed by atoms with van der Waals surface area (Å²) in [6, 6.07) is -0.0509.